The first-order chi connectivity index (χ1) is 9.76. The summed E-state index contributed by atoms with van der Waals surface area (Å²) in [4.78, 5) is 18.5. The third-order valence-corrected chi connectivity index (χ3v) is 3.40. The highest BCUT2D eigenvalue weighted by Gasteiger charge is 2.29. The Labute approximate surface area is 120 Å². The smallest absolute Gasteiger partial charge is 0.244 e. The van der Waals surface area contributed by atoms with Gasteiger partial charge in [-0.15, -0.1) is 0 Å². The second-order valence-corrected chi connectivity index (χ2v) is 4.93. The molecule has 1 amide bonds. The number of pyridine rings is 1. The summed E-state index contributed by atoms with van der Waals surface area (Å²) in [5.74, 6) is 0.747. The maximum atomic E-state index is 12.4. The highest BCUT2D eigenvalue weighted by atomic mass is 16.5. The van der Waals surface area contributed by atoms with Gasteiger partial charge in [0, 0.05) is 12.6 Å². The SMILES string of the molecule is CCCNC1CCCN(c2ccc(OCC)nc2)C1=O. The molecule has 2 rings (SSSR count). The molecule has 5 heteroatoms. The molecule has 1 N–H and O–H groups in total. The van der Waals surface area contributed by atoms with Gasteiger partial charge in [-0.1, -0.05) is 6.92 Å². The fourth-order valence-electron chi connectivity index (χ4n) is 2.41. The molecule has 0 aromatic carbocycles. The number of carbonyl (C=O) groups excluding carboxylic acids is 1. The van der Waals surface area contributed by atoms with Gasteiger partial charge < -0.3 is 15.0 Å². The van der Waals surface area contributed by atoms with Crippen molar-refractivity contribution in [3.8, 4) is 5.88 Å². The van der Waals surface area contributed by atoms with Gasteiger partial charge in [-0.2, -0.15) is 0 Å². The molecule has 1 aliphatic rings. The largest absolute Gasteiger partial charge is 0.478 e. The molecule has 0 spiro atoms. The monoisotopic (exact) mass is 277 g/mol. The molecule has 1 aromatic rings. The summed E-state index contributed by atoms with van der Waals surface area (Å²) in [7, 11) is 0. The third kappa shape index (κ3) is 3.48. The average molecular weight is 277 g/mol. The van der Waals surface area contributed by atoms with E-state index in [1.807, 2.05) is 24.0 Å². The molecule has 1 unspecified atom stereocenters. The zero-order valence-electron chi connectivity index (χ0n) is 12.3. The standard InChI is InChI=1S/C15H23N3O2/c1-3-9-16-13-6-5-10-18(15(13)19)12-7-8-14(17-11-12)20-4-2/h7-8,11,13,16H,3-6,9-10H2,1-2H3. The van der Waals surface area contributed by atoms with E-state index >= 15 is 0 Å². The van der Waals surface area contributed by atoms with Crippen LogP contribution >= 0.6 is 0 Å². The summed E-state index contributed by atoms with van der Waals surface area (Å²) in [5.41, 5.74) is 0.849. The third-order valence-electron chi connectivity index (χ3n) is 3.40. The van der Waals surface area contributed by atoms with E-state index in [0.29, 0.717) is 12.5 Å². The second kappa shape index (κ2) is 7.24. The van der Waals surface area contributed by atoms with Crippen LogP contribution in [0.4, 0.5) is 5.69 Å². The lowest BCUT2D eigenvalue weighted by atomic mass is 10.0. The number of nitrogens with zero attached hydrogens (tertiary/aromatic N) is 2. The van der Waals surface area contributed by atoms with E-state index in [4.69, 9.17) is 4.74 Å². The molecule has 1 saturated heterocycles. The predicted octanol–water partition coefficient (Wildman–Crippen LogP) is 1.98. The van der Waals surface area contributed by atoms with E-state index in [1.165, 1.54) is 0 Å². The van der Waals surface area contributed by atoms with Crippen molar-refractivity contribution in [2.24, 2.45) is 0 Å². The molecular formula is C15H23N3O2. The Kier molecular flexibility index (Phi) is 5.35. The van der Waals surface area contributed by atoms with E-state index < -0.39 is 0 Å². The molecule has 110 valence electrons. The molecule has 1 fully saturated rings. The van der Waals surface area contributed by atoms with Crippen LogP contribution in [0.1, 0.15) is 33.1 Å². The lowest BCUT2D eigenvalue weighted by Gasteiger charge is -2.32. The molecule has 5 nitrogen and oxygen atoms in total. The van der Waals surface area contributed by atoms with Crippen molar-refractivity contribution in [1.29, 1.82) is 0 Å². The van der Waals surface area contributed by atoms with Crippen LogP contribution < -0.4 is 15.0 Å². The number of nitrogens with one attached hydrogen (secondary N) is 1. The van der Waals surface area contributed by atoms with Crippen molar-refractivity contribution in [3.05, 3.63) is 18.3 Å². The number of aromatic nitrogens is 1. The maximum Gasteiger partial charge on any atom is 0.244 e. The van der Waals surface area contributed by atoms with Crippen molar-refractivity contribution in [2.45, 2.75) is 39.2 Å². The summed E-state index contributed by atoms with van der Waals surface area (Å²) in [6.07, 6.45) is 4.68. The summed E-state index contributed by atoms with van der Waals surface area (Å²) in [6, 6.07) is 3.66. The van der Waals surface area contributed by atoms with Gasteiger partial charge in [-0.3, -0.25) is 4.79 Å². The maximum absolute atomic E-state index is 12.4. The second-order valence-electron chi connectivity index (χ2n) is 4.93. The molecule has 0 radical (unpaired) electrons. The minimum absolute atomic E-state index is 0.0599. The Morgan fingerprint density at radius 1 is 1.45 bits per heavy atom. The summed E-state index contributed by atoms with van der Waals surface area (Å²) >= 11 is 0. The summed E-state index contributed by atoms with van der Waals surface area (Å²) in [6.45, 7) is 6.27. The van der Waals surface area contributed by atoms with Crippen LogP contribution in [-0.2, 0) is 4.79 Å². The van der Waals surface area contributed by atoms with Gasteiger partial charge in [0.2, 0.25) is 11.8 Å². The number of carbonyl (C=O) groups is 1. The Hall–Kier alpha value is -1.62. The number of rotatable bonds is 6. The zero-order chi connectivity index (χ0) is 14.4. The van der Waals surface area contributed by atoms with Gasteiger partial charge in [0.25, 0.3) is 0 Å². The van der Waals surface area contributed by atoms with Crippen LogP contribution in [0.5, 0.6) is 5.88 Å². The number of anilines is 1. The molecule has 2 heterocycles. The molecular weight excluding hydrogens is 254 g/mol. The van der Waals surface area contributed by atoms with E-state index in [1.54, 1.807) is 6.20 Å². The molecule has 0 bridgehead atoms. The van der Waals surface area contributed by atoms with Crippen LogP contribution in [-0.4, -0.2) is 36.6 Å². The van der Waals surface area contributed by atoms with Gasteiger partial charge in [0.15, 0.2) is 0 Å². The van der Waals surface area contributed by atoms with Gasteiger partial charge >= 0.3 is 0 Å². The van der Waals surface area contributed by atoms with E-state index in [-0.39, 0.29) is 11.9 Å². The molecule has 1 atom stereocenters. The number of hydrogen-bond donors (Lipinski definition) is 1. The highest BCUT2D eigenvalue weighted by Crippen LogP contribution is 2.22. The van der Waals surface area contributed by atoms with Crippen molar-refractivity contribution < 1.29 is 9.53 Å². The quantitative estimate of drug-likeness (QED) is 0.864. The van der Waals surface area contributed by atoms with E-state index in [9.17, 15) is 4.79 Å². The van der Waals surface area contributed by atoms with Crippen LogP contribution in [0, 0.1) is 0 Å². The summed E-state index contributed by atoms with van der Waals surface area (Å²) in [5, 5.41) is 3.32. The van der Waals surface area contributed by atoms with Crippen LogP contribution in [0.25, 0.3) is 0 Å². The lowest BCUT2D eigenvalue weighted by molar-refractivity contribution is -0.121. The molecule has 1 aromatic heterocycles. The Morgan fingerprint density at radius 2 is 2.30 bits per heavy atom. The Morgan fingerprint density at radius 3 is 2.95 bits per heavy atom. The minimum atomic E-state index is -0.0599. The van der Waals surface area contributed by atoms with E-state index in [2.05, 4.69) is 17.2 Å². The van der Waals surface area contributed by atoms with Crippen molar-refractivity contribution in [1.82, 2.24) is 10.3 Å². The van der Waals surface area contributed by atoms with Crippen LogP contribution in [0.2, 0.25) is 0 Å². The molecule has 1 aliphatic heterocycles. The predicted molar refractivity (Wildman–Crippen MR) is 79.1 cm³/mol. The fourth-order valence-corrected chi connectivity index (χ4v) is 2.41. The highest BCUT2D eigenvalue weighted by molar-refractivity contribution is 5.97. The first-order valence-corrected chi connectivity index (χ1v) is 7.39. The van der Waals surface area contributed by atoms with E-state index in [0.717, 1.165) is 38.0 Å². The van der Waals surface area contributed by atoms with Gasteiger partial charge in [-0.05, 0) is 38.8 Å². The Bertz CT molecular complexity index is 433. The number of piperidine rings is 1. The fraction of sp³-hybridized carbons (Fsp3) is 0.600. The first-order valence-electron chi connectivity index (χ1n) is 7.39. The normalized spacial score (nSPS) is 19.2. The minimum Gasteiger partial charge on any atom is -0.478 e. The molecule has 0 saturated carbocycles. The first kappa shape index (κ1) is 14.8. The van der Waals surface area contributed by atoms with Gasteiger partial charge in [0.05, 0.1) is 24.5 Å². The lowest BCUT2D eigenvalue weighted by Crippen LogP contribution is -2.51. The zero-order valence-corrected chi connectivity index (χ0v) is 12.3. The number of hydrogen-bond acceptors (Lipinski definition) is 4. The topological polar surface area (TPSA) is 54.5 Å². The molecule has 0 aliphatic carbocycles. The van der Waals surface area contributed by atoms with Crippen molar-refractivity contribution in [3.63, 3.8) is 0 Å². The number of ether oxygens (including phenoxy) is 1. The van der Waals surface area contributed by atoms with Gasteiger partial charge in [-0.25, -0.2) is 4.98 Å². The van der Waals surface area contributed by atoms with Crippen LogP contribution in [0.3, 0.4) is 0 Å². The Balaban J connectivity index is 2.04. The summed E-state index contributed by atoms with van der Waals surface area (Å²) < 4.78 is 5.32. The average Bonchev–Trinajstić information content (AvgIpc) is 2.48. The number of amides is 1. The van der Waals surface area contributed by atoms with Gasteiger partial charge in [0.1, 0.15) is 0 Å². The van der Waals surface area contributed by atoms with Crippen molar-refractivity contribution >= 4 is 11.6 Å². The molecule has 20 heavy (non-hydrogen) atoms. The van der Waals surface area contributed by atoms with Crippen LogP contribution in [0.15, 0.2) is 18.3 Å². The van der Waals surface area contributed by atoms with Crippen molar-refractivity contribution in [2.75, 3.05) is 24.6 Å².